The Hall–Kier alpha value is -1.13. The molecule has 1 amide bonds. The van der Waals surface area contributed by atoms with Crippen molar-refractivity contribution in [1.29, 1.82) is 0 Å². The van der Waals surface area contributed by atoms with Crippen molar-refractivity contribution in [3.05, 3.63) is 24.3 Å². The molecule has 0 saturated heterocycles. The van der Waals surface area contributed by atoms with Crippen molar-refractivity contribution in [2.24, 2.45) is 0 Å². The number of unbranched alkanes of at least 4 members (excludes halogenated alkanes) is 29. The predicted molar refractivity (Wildman–Crippen MR) is 216 cm³/mol. The molecule has 0 aromatic heterocycles. The van der Waals surface area contributed by atoms with E-state index in [1.807, 2.05) is 0 Å². The van der Waals surface area contributed by atoms with Gasteiger partial charge in [-0.25, -0.2) is 0 Å². The molecular formula is C45H87NO3. The first-order valence-corrected chi connectivity index (χ1v) is 22.0. The van der Waals surface area contributed by atoms with Gasteiger partial charge in [-0.1, -0.05) is 192 Å². The second-order valence-electron chi connectivity index (χ2n) is 15.1. The largest absolute Gasteiger partial charge is 0.394 e. The highest BCUT2D eigenvalue weighted by molar-refractivity contribution is 5.76. The smallest absolute Gasteiger partial charge is 0.220 e. The topological polar surface area (TPSA) is 69.6 Å². The van der Waals surface area contributed by atoms with Crippen LogP contribution in [0.25, 0.3) is 0 Å². The van der Waals surface area contributed by atoms with Gasteiger partial charge < -0.3 is 15.5 Å². The Morgan fingerprint density at radius 2 is 0.776 bits per heavy atom. The number of allylic oxidation sites excluding steroid dienone is 4. The van der Waals surface area contributed by atoms with E-state index in [1.54, 1.807) is 0 Å². The van der Waals surface area contributed by atoms with Crippen LogP contribution in [0, 0.1) is 0 Å². The van der Waals surface area contributed by atoms with E-state index >= 15 is 0 Å². The Morgan fingerprint density at radius 1 is 0.469 bits per heavy atom. The summed E-state index contributed by atoms with van der Waals surface area (Å²) in [5.74, 6) is -0.0399. The summed E-state index contributed by atoms with van der Waals surface area (Å²) in [5, 5.41) is 23.1. The van der Waals surface area contributed by atoms with Crippen LogP contribution < -0.4 is 5.32 Å². The monoisotopic (exact) mass is 690 g/mol. The Kier molecular flexibility index (Phi) is 40.3. The molecule has 0 unspecified atom stereocenters. The Morgan fingerprint density at radius 3 is 1.12 bits per heavy atom. The minimum atomic E-state index is -0.679. The van der Waals surface area contributed by atoms with Gasteiger partial charge in [-0.2, -0.15) is 0 Å². The lowest BCUT2D eigenvalue weighted by Gasteiger charge is -2.22. The number of carbonyl (C=O) groups is 1. The van der Waals surface area contributed by atoms with Crippen LogP contribution in [0.3, 0.4) is 0 Å². The SMILES string of the molecule is CCCCCCCC/C=C/CCCCCCCCCCCCCCCC(=O)N[C@@H](CO)[C@H](O)CCCC/C=C/CCCCCCCCCC. The maximum absolute atomic E-state index is 12.4. The zero-order chi connectivity index (χ0) is 35.7. The molecule has 0 heterocycles. The van der Waals surface area contributed by atoms with Gasteiger partial charge >= 0.3 is 0 Å². The van der Waals surface area contributed by atoms with E-state index in [-0.39, 0.29) is 12.5 Å². The number of nitrogens with one attached hydrogen (secondary N) is 1. The molecule has 2 atom stereocenters. The minimum absolute atomic E-state index is 0.0399. The van der Waals surface area contributed by atoms with E-state index in [1.165, 1.54) is 180 Å². The van der Waals surface area contributed by atoms with E-state index in [4.69, 9.17) is 0 Å². The summed E-state index contributed by atoms with van der Waals surface area (Å²) < 4.78 is 0. The first kappa shape index (κ1) is 47.9. The lowest BCUT2D eigenvalue weighted by molar-refractivity contribution is -0.123. The molecule has 0 rings (SSSR count). The van der Waals surface area contributed by atoms with Gasteiger partial charge in [0.05, 0.1) is 18.8 Å². The summed E-state index contributed by atoms with van der Waals surface area (Å²) in [6.07, 6.45) is 52.6. The molecule has 4 heteroatoms. The molecule has 0 aliphatic carbocycles. The molecule has 290 valence electrons. The molecule has 0 bridgehead atoms. The summed E-state index contributed by atoms with van der Waals surface area (Å²) in [5.41, 5.74) is 0. The summed E-state index contributed by atoms with van der Waals surface area (Å²) >= 11 is 0. The molecule has 3 N–H and O–H groups in total. The van der Waals surface area contributed by atoms with Crippen LogP contribution in [0.2, 0.25) is 0 Å². The minimum Gasteiger partial charge on any atom is -0.394 e. The molecule has 0 aromatic rings. The van der Waals surface area contributed by atoms with Crippen molar-refractivity contribution in [2.75, 3.05) is 6.61 Å². The molecule has 0 saturated carbocycles. The van der Waals surface area contributed by atoms with Crippen LogP contribution in [0.15, 0.2) is 24.3 Å². The fourth-order valence-corrected chi connectivity index (χ4v) is 6.76. The molecule has 0 fully saturated rings. The number of hydrogen-bond donors (Lipinski definition) is 3. The zero-order valence-corrected chi connectivity index (χ0v) is 33.2. The highest BCUT2D eigenvalue weighted by Gasteiger charge is 2.19. The van der Waals surface area contributed by atoms with Crippen molar-refractivity contribution in [2.45, 2.75) is 251 Å². The molecule has 4 nitrogen and oxygen atoms in total. The normalized spacial score (nSPS) is 13.1. The number of carbonyl (C=O) groups excluding carboxylic acids is 1. The van der Waals surface area contributed by atoms with E-state index in [0.717, 1.165) is 32.1 Å². The van der Waals surface area contributed by atoms with Gasteiger partial charge in [-0.05, 0) is 64.2 Å². The van der Waals surface area contributed by atoms with Crippen LogP contribution in [0.5, 0.6) is 0 Å². The highest BCUT2D eigenvalue weighted by Crippen LogP contribution is 2.15. The number of rotatable bonds is 40. The van der Waals surface area contributed by atoms with E-state index < -0.39 is 12.1 Å². The summed E-state index contributed by atoms with van der Waals surface area (Å²) in [4.78, 5) is 12.4. The fourth-order valence-electron chi connectivity index (χ4n) is 6.76. The second kappa shape index (κ2) is 41.3. The van der Waals surface area contributed by atoms with Gasteiger partial charge in [0, 0.05) is 6.42 Å². The maximum Gasteiger partial charge on any atom is 0.220 e. The van der Waals surface area contributed by atoms with Crippen LogP contribution in [-0.4, -0.2) is 34.9 Å². The lowest BCUT2D eigenvalue weighted by Crippen LogP contribution is -2.45. The Labute approximate surface area is 307 Å². The van der Waals surface area contributed by atoms with Crippen molar-refractivity contribution < 1.29 is 15.0 Å². The molecule has 0 aliphatic heterocycles. The van der Waals surface area contributed by atoms with E-state index in [9.17, 15) is 15.0 Å². The van der Waals surface area contributed by atoms with Gasteiger partial charge in [0.15, 0.2) is 0 Å². The molecule has 49 heavy (non-hydrogen) atoms. The van der Waals surface area contributed by atoms with E-state index in [2.05, 4.69) is 43.5 Å². The predicted octanol–water partition coefficient (Wildman–Crippen LogP) is 13.6. The first-order chi connectivity index (χ1) is 24.2. The number of hydrogen-bond acceptors (Lipinski definition) is 3. The first-order valence-electron chi connectivity index (χ1n) is 22.0. The third-order valence-electron chi connectivity index (χ3n) is 10.2. The summed E-state index contributed by atoms with van der Waals surface area (Å²) in [6, 6.07) is -0.549. The average molecular weight is 690 g/mol. The molecular weight excluding hydrogens is 602 g/mol. The zero-order valence-electron chi connectivity index (χ0n) is 33.2. The highest BCUT2D eigenvalue weighted by atomic mass is 16.3. The third-order valence-corrected chi connectivity index (χ3v) is 10.2. The van der Waals surface area contributed by atoms with Gasteiger partial charge in [-0.15, -0.1) is 0 Å². The standard InChI is InChI=1S/C45H87NO3/c1-3-5-7-9-11-13-15-17-19-20-21-22-23-24-25-26-27-29-31-33-35-37-39-41-45(49)46-43(42-47)44(48)40-38-36-34-32-30-28-18-16-14-12-10-8-6-4-2/h17,19,30,32,43-44,47-48H,3-16,18,20-29,31,33-42H2,1-2H3,(H,46,49)/b19-17+,32-30+/t43-,44+/m0/s1. The van der Waals surface area contributed by atoms with Gasteiger partial charge in [0.1, 0.15) is 0 Å². The molecule has 0 spiro atoms. The average Bonchev–Trinajstić information content (AvgIpc) is 3.10. The quantitative estimate of drug-likeness (QED) is 0.0443. The Balaban J connectivity index is 3.50. The van der Waals surface area contributed by atoms with E-state index in [0.29, 0.717) is 12.8 Å². The molecule has 0 radical (unpaired) electrons. The van der Waals surface area contributed by atoms with Crippen LogP contribution in [0.4, 0.5) is 0 Å². The van der Waals surface area contributed by atoms with Crippen molar-refractivity contribution in [1.82, 2.24) is 5.32 Å². The number of aliphatic hydroxyl groups is 2. The van der Waals surface area contributed by atoms with Gasteiger partial charge in [0.2, 0.25) is 5.91 Å². The van der Waals surface area contributed by atoms with Crippen molar-refractivity contribution in [3.8, 4) is 0 Å². The second-order valence-corrected chi connectivity index (χ2v) is 15.1. The fraction of sp³-hybridized carbons (Fsp3) is 0.889. The van der Waals surface area contributed by atoms with Crippen LogP contribution in [-0.2, 0) is 4.79 Å². The van der Waals surface area contributed by atoms with Crippen LogP contribution >= 0.6 is 0 Å². The van der Waals surface area contributed by atoms with Crippen LogP contribution in [0.1, 0.15) is 239 Å². The number of aliphatic hydroxyl groups excluding tert-OH is 2. The molecule has 0 aromatic carbocycles. The summed E-state index contributed by atoms with van der Waals surface area (Å²) in [7, 11) is 0. The Bertz CT molecular complexity index is 705. The van der Waals surface area contributed by atoms with Gasteiger partial charge in [0.25, 0.3) is 0 Å². The van der Waals surface area contributed by atoms with Crippen molar-refractivity contribution in [3.63, 3.8) is 0 Å². The summed E-state index contributed by atoms with van der Waals surface area (Å²) in [6.45, 7) is 4.35. The third kappa shape index (κ3) is 37.9. The lowest BCUT2D eigenvalue weighted by atomic mass is 10.0. The number of amides is 1. The van der Waals surface area contributed by atoms with Gasteiger partial charge in [-0.3, -0.25) is 4.79 Å². The maximum atomic E-state index is 12.4. The molecule has 0 aliphatic rings. The van der Waals surface area contributed by atoms with Crippen molar-refractivity contribution >= 4 is 5.91 Å².